The lowest BCUT2D eigenvalue weighted by Gasteiger charge is -2.05. The molecule has 0 saturated heterocycles. The van der Waals surface area contributed by atoms with Gasteiger partial charge in [0.1, 0.15) is 5.58 Å². The summed E-state index contributed by atoms with van der Waals surface area (Å²) in [5.74, 6) is 0. The van der Waals surface area contributed by atoms with Crippen LogP contribution in [0.4, 0.5) is 0 Å². The summed E-state index contributed by atoms with van der Waals surface area (Å²) in [5.41, 5.74) is 1.50. The van der Waals surface area contributed by atoms with E-state index in [4.69, 9.17) is 4.42 Å². The molecule has 2 nitrogen and oxygen atoms in total. The summed E-state index contributed by atoms with van der Waals surface area (Å²) >= 11 is 3.38. The molecule has 0 saturated carbocycles. The van der Waals surface area contributed by atoms with Gasteiger partial charge in [0.15, 0.2) is 0 Å². The highest BCUT2D eigenvalue weighted by molar-refractivity contribution is 9.10. The highest BCUT2D eigenvalue weighted by atomic mass is 79.9. The number of benzene rings is 1. The summed E-state index contributed by atoms with van der Waals surface area (Å²) in [4.78, 5) is 11.5. The van der Waals surface area contributed by atoms with Gasteiger partial charge in [-0.3, -0.25) is 0 Å². The molecule has 0 fully saturated rings. The van der Waals surface area contributed by atoms with Crippen LogP contribution in [0.3, 0.4) is 0 Å². The van der Waals surface area contributed by atoms with Gasteiger partial charge in [-0.05, 0) is 36.6 Å². The van der Waals surface area contributed by atoms with Crippen LogP contribution in [-0.4, -0.2) is 0 Å². The van der Waals surface area contributed by atoms with Gasteiger partial charge in [0.2, 0.25) is 0 Å². The monoisotopic (exact) mass is 294 g/mol. The zero-order valence-electron chi connectivity index (χ0n) is 9.83. The fourth-order valence-corrected chi connectivity index (χ4v) is 2.32. The van der Waals surface area contributed by atoms with Gasteiger partial charge in [-0.1, -0.05) is 35.7 Å². The first kappa shape index (κ1) is 12.4. The number of aryl methyl sites for hydroxylation is 1. The van der Waals surface area contributed by atoms with Crippen LogP contribution in [0.5, 0.6) is 0 Å². The summed E-state index contributed by atoms with van der Waals surface area (Å²) in [6.07, 6.45) is 4.44. The van der Waals surface area contributed by atoms with Crippen molar-refractivity contribution in [3.05, 3.63) is 44.7 Å². The molecule has 0 spiro atoms. The van der Waals surface area contributed by atoms with Crippen molar-refractivity contribution in [2.24, 2.45) is 0 Å². The van der Waals surface area contributed by atoms with Gasteiger partial charge in [0.05, 0.1) is 0 Å². The van der Waals surface area contributed by atoms with Crippen molar-refractivity contribution in [2.45, 2.75) is 32.6 Å². The zero-order valence-corrected chi connectivity index (χ0v) is 11.4. The molecular formula is C14H15BrO2. The highest BCUT2D eigenvalue weighted by Crippen LogP contribution is 2.22. The maximum Gasteiger partial charge on any atom is 0.336 e. The van der Waals surface area contributed by atoms with Gasteiger partial charge >= 0.3 is 5.63 Å². The Morgan fingerprint density at radius 2 is 2.06 bits per heavy atom. The molecule has 2 rings (SSSR count). The van der Waals surface area contributed by atoms with E-state index in [1.165, 1.54) is 12.8 Å². The van der Waals surface area contributed by atoms with E-state index in [-0.39, 0.29) is 5.63 Å². The first-order valence-electron chi connectivity index (χ1n) is 5.93. The lowest BCUT2D eigenvalue weighted by molar-refractivity contribution is 0.557. The molecule has 1 heterocycles. The standard InChI is InChI=1S/C14H15BrO2/c1-2-3-4-5-10-8-14(16)17-13-9-11(15)6-7-12(10)13/h6-9H,2-5H2,1H3. The van der Waals surface area contributed by atoms with Crippen LogP contribution in [0.15, 0.2) is 37.9 Å². The summed E-state index contributed by atoms with van der Waals surface area (Å²) in [5, 5.41) is 1.05. The first-order chi connectivity index (χ1) is 8.20. The van der Waals surface area contributed by atoms with E-state index < -0.39 is 0 Å². The van der Waals surface area contributed by atoms with E-state index in [0.717, 1.165) is 28.3 Å². The Morgan fingerprint density at radius 3 is 2.82 bits per heavy atom. The van der Waals surface area contributed by atoms with Crippen LogP contribution in [0.1, 0.15) is 31.7 Å². The van der Waals surface area contributed by atoms with Crippen molar-refractivity contribution < 1.29 is 4.42 Å². The molecule has 0 aliphatic heterocycles. The SMILES string of the molecule is CCCCCc1cc(=O)oc2cc(Br)ccc12. The number of rotatable bonds is 4. The molecule has 0 radical (unpaired) electrons. The minimum Gasteiger partial charge on any atom is -0.423 e. The minimum absolute atomic E-state index is 0.262. The van der Waals surface area contributed by atoms with Crippen molar-refractivity contribution in [1.29, 1.82) is 0 Å². The van der Waals surface area contributed by atoms with Crippen LogP contribution < -0.4 is 5.63 Å². The van der Waals surface area contributed by atoms with Crippen LogP contribution >= 0.6 is 15.9 Å². The lowest BCUT2D eigenvalue weighted by Crippen LogP contribution is -2.00. The van der Waals surface area contributed by atoms with E-state index in [9.17, 15) is 4.79 Å². The molecule has 0 aliphatic carbocycles. The topological polar surface area (TPSA) is 30.2 Å². The fraction of sp³-hybridized carbons (Fsp3) is 0.357. The largest absolute Gasteiger partial charge is 0.423 e. The third-order valence-corrected chi connectivity index (χ3v) is 3.34. The maximum absolute atomic E-state index is 11.5. The van der Waals surface area contributed by atoms with Gasteiger partial charge in [-0.15, -0.1) is 0 Å². The Labute approximate surface area is 109 Å². The van der Waals surface area contributed by atoms with E-state index >= 15 is 0 Å². The van der Waals surface area contributed by atoms with E-state index in [1.54, 1.807) is 6.07 Å². The fourth-order valence-electron chi connectivity index (χ4n) is 1.98. The Hall–Kier alpha value is -1.09. The summed E-state index contributed by atoms with van der Waals surface area (Å²) < 4.78 is 6.13. The number of fused-ring (bicyclic) bond motifs is 1. The quantitative estimate of drug-likeness (QED) is 0.622. The molecule has 0 atom stereocenters. The Bertz CT molecular complexity index is 572. The molecule has 0 unspecified atom stereocenters. The second-order valence-electron chi connectivity index (χ2n) is 4.19. The zero-order chi connectivity index (χ0) is 12.3. The van der Waals surface area contributed by atoms with Gasteiger partial charge < -0.3 is 4.42 Å². The Balaban J connectivity index is 2.43. The van der Waals surface area contributed by atoms with Crippen LogP contribution in [0, 0.1) is 0 Å². The van der Waals surface area contributed by atoms with Crippen molar-refractivity contribution in [2.75, 3.05) is 0 Å². The van der Waals surface area contributed by atoms with Crippen LogP contribution in [0.2, 0.25) is 0 Å². The average molecular weight is 295 g/mol. The second kappa shape index (κ2) is 5.50. The molecule has 90 valence electrons. The Morgan fingerprint density at radius 1 is 1.24 bits per heavy atom. The maximum atomic E-state index is 11.5. The number of hydrogen-bond acceptors (Lipinski definition) is 2. The predicted octanol–water partition coefficient (Wildman–Crippen LogP) is 4.29. The van der Waals surface area contributed by atoms with Crippen LogP contribution in [0.25, 0.3) is 11.0 Å². The van der Waals surface area contributed by atoms with Crippen molar-refractivity contribution in [1.82, 2.24) is 0 Å². The first-order valence-corrected chi connectivity index (χ1v) is 6.72. The predicted molar refractivity (Wildman–Crippen MR) is 73.4 cm³/mol. The summed E-state index contributed by atoms with van der Waals surface area (Å²) in [6, 6.07) is 7.45. The smallest absolute Gasteiger partial charge is 0.336 e. The molecule has 3 heteroatoms. The van der Waals surface area contributed by atoms with Gasteiger partial charge in [-0.2, -0.15) is 0 Å². The third-order valence-electron chi connectivity index (χ3n) is 2.84. The second-order valence-corrected chi connectivity index (χ2v) is 5.10. The van der Waals surface area contributed by atoms with Gasteiger partial charge in [-0.25, -0.2) is 4.79 Å². The number of halogens is 1. The van der Waals surface area contributed by atoms with E-state index in [2.05, 4.69) is 22.9 Å². The van der Waals surface area contributed by atoms with E-state index in [1.807, 2.05) is 18.2 Å². The molecule has 2 aromatic rings. The molecule has 0 amide bonds. The molecule has 0 aliphatic rings. The van der Waals surface area contributed by atoms with Gasteiger partial charge in [0.25, 0.3) is 0 Å². The molecule has 0 N–H and O–H groups in total. The summed E-state index contributed by atoms with van der Waals surface area (Å²) in [7, 11) is 0. The molecular weight excluding hydrogens is 280 g/mol. The normalized spacial score (nSPS) is 10.9. The van der Waals surface area contributed by atoms with Gasteiger partial charge in [0, 0.05) is 15.9 Å². The molecule has 0 bridgehead atoms. The minimum atomic E-state index is -0.262. The average Bonchev–Trinajstić information content (AvgIpc) is 2.28. The lowest BCUT2D eigenvalue weighted by atomic mass is 10.0. The molecule has 17 heavy (non-hydrogen) atoms. The summed E-state index contributed by atoms with van der Waals surface area (Å²) in [6.45, 7) is 2.18. The number of hydrogen-bond donors (Lipinski definition) is 0. The van der Waals surface area contributed by atoms with Crippen molar-refractivity contribution in [3.63, 3.8) is 0 Å². The van der Waals surface area contributed by atoms with E-state index in [0.29, 0.717) is 5.58 Å². The molecule has 1 aromatic heterocycles. The Kier molecular flexibility index (Phi) is 4.00. The van der Waals surface area contributed by atoms with Crippen molar-refractivity contribution >= 4 is 26.9 Å². The molecule has 1 aromatic carbocycles. The number of unbranched alkanes of at least 4 members (excludes halogenated alkanes) is 2. The van der Waals surface area contributed by atoms with Crippen molar-refractivity contribution in [3.8, 4) is 0 Å². The van der Waals surface area contributed by atoms with Crippen LogP contribution in [-0.2, 0) is 6.42 Å². The highest BCUT2D eigenvalue weighted by Gasteiger charge is 2.05. The third kappa shape index (κ3) is 2.97.